The molecule has 6 nitrogen and oxygen atoms in total. The standard InChI is InChI=1S/C18H15BrN2O4S3/c19-17-9-10-18(26-17)27(22,23)20-14-5-7-15(8-6-14)28(24,25)21-12-11-13-3-1-2-4-16(13)21/h1-10,20H,11-12H2. The monoisotopic (exact) mass is 498 g/mol. The van der Waals surface area contributed by atoms with Crippen molar-refractivity contribution in [3.63, 3.8) is 0 Å². The van der Waals surface area contributed by atoms with Crippen molar-refractivity contribution in [2.24, 2.45) is 0 Å². The Morgan fingerprint density at radius 1 is 0.929 bits per heavy atom. The molecule has 10 heteroatoms. The van der Waals surface area contributed by atoms with Gasteiger partial charge < -0.3 is 0 Å². The predicted octanol–water partition coefficient (Wildman–Crippen LogP) is 4.06. The molecule has 0 fully saturated rings. The minimum atomic E-state index is -3.72. The summed E-state index contributed by atoms with van der Waals surface area (Å²) in [5.74, 6) is 0. The molecule has 4 rings (SSSR count). The van der Waals surface area contributed by atoms with Crippen LogP contribution in [0.15, 0.2) is 73.6 Å². The Morgan fingerprint density at radius 3 is 2.32 bits per heavy atom. The molecule has 2 heterocycles. The van der Waals surface area contributed by atoms with Crippen molar-refractivity contribution >= 4 is 58.7 Å². The molecule has 28 heavy (non-hydrogen) atoms. The van der Waals surface area contributed by atoms with Gasteiger partial charge in [-0.05, 0) is 70.4 Å². The lowest BCUT2D eigenvalue weighted by Crippen LogP contribution is -2.29. The molecule has 0 amide bonds. The summed E-state index contributed by atoms with van der Waals surface area (Å²) in [6.07, 6.45) is 0.670. The Hall–Kier alpha value is -1.88. The molecule has 1 N–H and O–H groups in total. The Bertz CT molecular complexity index is 1240. The van der Waals surface area contributed by atoms with Crippen LogP contribution in [0.1, 0.15) is 5.56 Å². The van der Waals surface area contributed by atoms with Crippen LogP contribution >= 0.6 is 27.3 Å². The van der Waals surface area contributed by atoms with Gasteiger partial charge in [0.2, 0.25) is 0 Å². The summed E-state index contributed by atoms with van der Waals surface area (Å²) in [6, 6.07) is 16.3. The largest absolute Gasteiger partial charge is 0.279 e. The number of anilines is 2. The number of rotatable bonds is 5. The van der Waals surface area contributed by atoms with Crippen LogP contribution in [0.5, 0.6) is 0 Å². The SMILES string of the molecule is O=S(=O)(Nc1ccc(S(=O)(=O)N2CCc3ccccc32)cc1)c1ccc(Br)s1. The molecule has 0 saturated carbocycles. The number of halogens is 1. The highest BCUT2D eigenvalue weighted by molar-refractivity contribution is 9.11. The van der Waals surface area contributed by atoms with Crippen molar-refractivity contribution in [3.05, 3.63) is 70.0 Å². The van der Waals surface area contributed by atoms with Crippen LogP contribution < -0.4 is 9.03 Å². The van der Waals surface area contributed by atoms with E-state index in [2.05, 4.69) is 20.7 Å². The summed E-state index contributed by atoms with van der Waals surface area (Å²) < 4.78 is 55.5. The van der Waals surface area contributed by atoms with Gasteiger partial charge in [-0.3, -0.25) is 9.03 Å². The summed E-state index contributed by atoms with van der Waals surface area (Å²) in [4.78, 5) is 0.117. The van der Waals surface area contributed by atoms with Gasteiger partial charge in [-0.15, -0.1) is 11.3 Å². The van der Waals surface area contributed by atoms with Gasteiger partial charge in [-0.25, -0.2) is 16.8 Å². The average Bonchev–Trinajstić information content (AvgIpc) is 3.29. The highest BCUT2D eigenvalue weighted by atomic mass is 79.9. The second-order valence-corrected chi connectivity index (χ2v) is 12.4. The molecule has 1 aromatic heterocycles. The van der Waals surface area contributed by atoms with E-state index < -0.39 is 20.0 Å². The fourth-order valence-electron chi connectivity index (χ4n) is 3.03. The van der Waals surface area contributed by atoms with Crippen molar-refractivity contribution in [1.29, 1.82) is 0 Å². The maximum atomic E-state index is 13.0. The number of benzene rings is 2. The van der Waals surface area contributed by atoms with Gasteiger partial charge in [0, 0.05) is 12.2 Å². The molecule has 1 aliphatic heterocycles. The van der Waals surface area contributed by atoms with E-state index in [4.69, 9.17) is 0 Å². The third-order valence-electron chi connectivity index (χ3n) is 4.35. The normalized spacial score (nSPS) is 14.1. The molecular formula is C18H15BrN2O4S3. The molecule has 0 atom stereocenters. The summed E-state index contributed by atoms with van der Waals surface area (Å²) in [5, 5.41) is 0. The quantitative estimate of drug-likeness (QED) is 0.574. The van der Waals surface area contributed by atoms with Gasteiger partial charge in [0.25, 0.3) is 20.0 Å². The Morgan fingerprint density at radius 2 is 1.64 bits per heavy atom. The van der Waals surface area contributed by atoms with Crippen molar-refractivity contribution in [2.45, 2.75) is 15.5 Å². The second kappa shape index (κ2) is 7.18. The van der Waals surface area contributed by atoms with Gasteiger partial charge in [0.1, 0.15) is 4.21 Å². The zero-order valence-corrected chi connectivity index (χ0v) is 18.4. The van der Waals surface area contributed by atoms with Gasteiger partial charge in [0.05, 0.1) is 14.4 Å². The molecular weight excluding hydrogens is 484 g/mol. The zero-order valence-electron chi connectivity index (χ0n) is 14.4. The Balaban J connectivity index is 1.58. The number of nitrogens with zero attached hydrogens (tertiary/aromatic N) is 1. The number of hydrogen-bond acceptors (Lipinski definition) is 5. The topological polar surface area (TPSA) is 83.5 Å². The third-order valence-corrected chi connectivity index (χ3v) is 9.68. The lowest BCUT2D eigenvalue weighted by atomic mass is 10.2. The van der Waals surface area contributed by atoms with E-state index in [1.165, 1.54) is 34.6 Å². The summed E-state index contributed by atoms with van der Waals surface area (Å²) in [6.45, 7) is 0.392. The van der Waals surface area contributed by atoms with Crippen molar-refractivity contribution in [3.8, 4) is 0 Å². The minimum absolute atomic E-state index is 0.117. The maximum Gasteiger partial charge on any atom is 0.271 e. The molecule has 0 unspecified atom stereocenters. The van der Waals surface area contributed by atoms with E-state index in [0.717, 1.165) is 16.9 Å². The first-order valence-corrected chi connectivity index (χ1v) is 12.8. The van der Waals surface area contributed by atoms with E-state index >= 15 is 0 Å². The molecule has 1 aliphatic rings. The first kappa shape index (κ1) is 19.4. The zero-order chi connectivity index (χ0) is 19.9. The molecule has 0 saturated heterocycles. The summed E-state index contributed by atoms with van der Waals surface area (Å²) in [7, 11) is -7.43. The van der Waals surface area contributed by atoms with Crippen LogP contribution in [0.25, 0.3) is 0 Å². The van der Waals surface area contributed by atoms with E-state index in [9.17, 15) is 16.8 Å². The molecule has 3 aromatic rings. The molecule has 2 aromatic carbocycles. The molecule has 0 aliphatic carbocycles. The molecule has 0 radical (unpaired) electrons. The highest BCUT2D eigenvalue weighted by Gasteiger charge is 2.30. The molecule has 0 spiro atoms. The lowest BCUT2D eigenvalue weighted by molar-refractivity contribution is 0.592. The van der Waals surface area contributed by atoms with Crippen LogP contribution in [0.2, 0.25) is 0 Å². The van der Waals surface area contributed by atoms with Gasteiger partial charge in [0.15, 0.2) is 0 Å². The fraction of sp³-hybridized carbons (Fsp3) is 0.111. The predicted molar refractivity (Wildman–Crippen MR) is 114 cm³/mol. The Kier molecular flexibility index (Phi) is 4.98. The number of para-hydroxylation sites is 1. The number of nitrogens with one attached hydrogen (secondary N) is 1. The van der Waals surface area contributed by atoms with Crippen molar-refractivity contribution < 1.29 is 16.8 Å². The maximum absolute atomic E-state index is 13.0. The van der Waals surface area contributed by atoms with E-state index in [0.29, 0.717) is 28.1 Å². The summed E-state index contributed by atoms with van der Waals surface area (Å²) in [5.41, 5.74) is 1.98. The Labute approximate surface area is 176 Å². The fourth-order valence-corrected chi connectivity index (χ4v) is 7.60. The number of sulfonamides is 2. The van der Waals surface area contributed by atoms with E-state index in [-0.39, 0.29) is 9.10 Å². The van der Waals surface area contributed by atoms with Crippen LogP contribution in [-0.4, -0.2) is 23.4 Å². The number of thiophene rings is 1. The van der Waals surface area contributed by atoms with Crippen LogP contribution in [-0.2, 0) is 26.5 Å². The van der Waals surface area contributed by atoms with E-state index in [1.54, 1.807) is 12.1 Å². The third kappa shape index (κ3) is 3.57. The van der Waals surface area contributed by atoms with Gasteiger partial charge in [-0.2, -0.15) is 0 Å². The number of hydrogen-bond donors (Lipinski definition) is 1. The average molecular weight is 499 g/mol. The lowest BCUT2D eigenvalue weighted by Gasteiger charge is -2.19. The van der Waals surface area contributed by atoms with Crippen molar-refractivity contribution in [2.75, 3.05) is 15.6 Å². The molecule has 0 bridgehead atoms. The van der Waals surface area contributed by atoms with Crippen LogP contribution in [0, 0.1) is 0 Å². The van der Waals surface area contributed by atoms with Crippen molar-refractivity contribution in [1.82, 2.24) is 0 Å². The first-order chi connectivity index (χ1) is 13.3. The number of fused-ring (bicyclic) bond motifs is 1. The van der Waals surface area contributed by atoms with Crippen LogP contribution in [0.3, 0.4) is 0 Å². The smallest absolute Gasteiger partial charge is 0.271 e. The second-order valence-electron chi connectivity index (χ2n) is 6.14. The minimum Gasteiger partial charge on any atom is -0.279 e. The van der Waals surface area contributed by atoms with Crippen LogP contribution in [0.4, 0.5) is 11.4 Å². The van der Waals surface area contributed by atoms with Gasteiger partial charge >= 0.3 is 0 Å². The summed E-state index contributed by atoms with van der Waals surface area (Å²) >= 11 is 4.34. The molecule has 146 valence electrons. The van der Waals surface area contributed by atoms with Gasteiger partial charge in [-0.1, -0.05) is 18.2 Å². The first-order valence-electron chi connectivity index (χ1n) is 8.26. The highest BCUT2D eigenvalue weighted by Crippen LogP contribution is 2.33. The van der Waals surface area contributed by atoms with E-state index in [1.807, 2.05) is 18.2 Å².